The third-order valence-electron chi connectivity index (χ3n) is 3.73. The Kier molecular flexibility index (Phi) is 7.23. The molecule has 26 heavy (non-hydrogen) atoms. The topological polar surface area (TPSA) is 74.3 Å². The molecule has 0 spiro atoms. The number of halogens is 1. The van der Waals surface area contributed by atoms with Gasteiger partial charge in [-0.05, 0) is 39.2 Å². The highest BCUT2D eigenvalue weighted by molar-refractivity contribution is 5.99. The molecule has 1 aromatic carbocycles. The number of nitrogens with one attached hydrogen (secondary N) is 2. The second-order valence-electron chi connectivity index (χ2n) is 6.15. The molecule has 2 amide bonds. The number of amides is 2. The molecule has 0 unspecified atom stereocenters. The largest absolute Gasteiger partial charge is 0.352 e. The van der Waals surface area contributed by atoms with Gasteiger partial charge in [0, 0.05) is 31.0 Å². The van der Waals surface area contributed by atoms with Crippen LogP contribution in [-0.2, 0) is 6.54 Å². The Morgan fingerprint density at radius 3 is 2.38 bits per heavy atom. The molecular formula is C19H23FN4O2. The molecule has 0 fully saturated rings. The zero-order chi connectivity index (χ0) is 18.9. The molecular weight excluding hydrogens is 335 g/mol. The molecule has 2 rings (SSSR count). The summed E-state index contributed by atoms with van der Waals surface area (Å²) in [6.45, 7) is 1.48. The number of carbonyl (C=O) groups is 2. The Morgan fingerprint density at radius 1 is 1.08 bits per heavy atom. The molecule has 7 heteroatoms. The standard InChI is InChI=1S/C19H23FN4O2/c1-24(2)9-5-8-22-18(25)15-10-16(12-21-11-15)19(26)23-13-14-6-3-4-7-17(14)20/h3-4,6-7,10-12H,5,8-9,13H2,1-2H3,(H,22,25)(H,23,26). The fraction of sp³-hybridized carbons (Fsp3) is 0.316. The average Bonchev–Trinajstić information content (AvgIpc) is 2.64. The van der Waals surface area contributed by atoms with Crippen molar-refractivity contribution in [1.29, 1.82) is 0 Å². The number of nitrogens with zero attached hydrogens (tertiary/aromatic N) is 2. The van der Waals surface area contributed by atoms with E-state index < -0.39 is 5.91 Å². The van der Waals surface area contributed by atoms with E-state index in [1.807, 2.05) is 19.0 Å². The number of hydrogen-bond donors (Lipinski definition) is 2. The molecule has 138 valence electrons. The first-order valence-electron chi connectivity index (χ1n) is 8.37. The maximum absolute atomic E-state index is 13.6. The molecule has 2 aromatic rings. The number of rotatable bonds is 8. The van der Waals surface area contributed by atoms with E-state index in [0.29, 0.717) is 17.7 Å². The zero-order valence-electron chi connectivity index (χ0n) is 15.0. The molecule has 2 N–H and O–H groups in total. The van der Waals surface area contributed by atoms with Crippen LogP contribution in [0.1, 0.15) is 32.7 Å². The van der Waals surface area contributed by atoms with Crippen LogP contribution in [0.5, 0.6) is 0 Å². The van der Waals surface area contributed by atoms with Crippen molar-refractivity contribution in [2.24, 2.45) is 0 Å². The maximum Gasteiger partial charge on any atom is 0.253 e. The quantitative estimate of drug-likeness (QED) is 0.706. The van der Waals surface area contributed by atoms with Gasteiger partial charge in [-0.1, -0.05) is 18.2 Å². The fourth-order valence-electron chi connectivity index (χ4n) is 2.31. The summed E-state index contributed by atoms with van der Waals surface area (Å²) < 4.78 is 13.6. The van der Waals surface area contributed by atoms with Crippen molar-refractivity contribution >= 4 is 11.8 Å². The fourth-order valence-corrected chi connectivity index (χ4v) is 2.31. The second-order valence-corrected chi connectivity index (χ2v) is 6.15. The molecule has 0 atom stereocenters. The zero-order valence-corrected chi connectivity index (χ0v) is 15.0. The Bertz CT molecular complexity index is 765. The smallest absolute Gasteiger partial charge is 0.253 e. The summed E-state index contributed by atoms with van der Waals surface area (Å²) in [4.78, 5) is 30.4. The first-order valence-corrected chi connectivity index (χ1v) is 8.37. The molecule has 0 aliphatic heterocycles. The van der Waals surface area contributed by atoms with Crippen LogP contribution < -0.4 is 10.6 Å². The summed E-state index contributed by atoms with van der Waals surface area (Å²) in [5.74, 6) is -1.07. The molecule has 0 radical (unpaired) electrons. The van der Waals surface area contributed by atoms with Crippen molar-refractivity contribution < 1.29 is 14.0 Å². The SMILES string of the molecule is CN(C)CCCNC(=O)c1cncc(C(=O)NCc2ccccc2F)c1. The van der Waals surface area contributed by atoms with Crippen LogP contribution in [0.15, 0.2) is 42.7 Å². The van der Waals surface area contributed by atoms with Gasteiger partial charge in [0.2, 0.25) is 0 Å². The van der Waals surface area contributed by atoms with Crippen LogP contribution in [0.2, 0.25) is 0 Å². The highest BCUT2D eigenvalue weighted by Gasteiger charge is 2.12. The lowest BCUT2D eigenvalue weighted by atomic mass is 10.1. The number of pyridine rings is 1. The van der Waals surface area contributed by atoms with Gasteiger partial charge < -0.3 is 15.5 Å². The minimum absolute atomic E-state index is 0.0620. The Labute approximate surface area is 152 Å². The molecule has 0 bridgehead atoms. The van der Waals surface area contributed by atoms with E-state index in [-0.39, 0.29) is 23.8 Å². The molecule has 0 saturated carbocycles. The van der Waals surface area contributed by atoms with Crippen LogP contribution in [0, 0.1) is 5.82 Å². The summed E-state index contributed by atoms with van der Waals surface area (Å²) in [7, 11) is 3.93. The molecule has 0 aliphatic rings. The minimum atomic E-state index is -0.414. The van der Waals surface area contributed by atoms with Gasteiger partial charge in [0.25, 0.3) is 11.8 Å². The minimum Gasteiger partial charge on any atom is -0.352 e. The van der Waals surface area contributed by atoms with Gasteiger partial charge in [0.15, 0.2) is 0 Å². The van der Waals surface area contributed by atoms with Crippen molar-refractivity contribution in [3.05, 3.63) is 65.2 Å². The van der Waals surface area contributed by atoms with E-state index in [4.69, 9.17) is 0 Å². The summed E-state index contributed by atoms with van der Waals surface area (Å²) in [6, 6.07) is 7.71. The Hall–Kier alpha value is -2.80. The third kappa shape index (κ3) is 5.93. The molecule has 0 aliphatic carbocycles. The first-order chi connectivity index (χ1) is 12.5. The summed E-state index contributed by atoms with van der Waals surface area (Å²) >= 11 is 0. The monoisotopic (exact) mass is 358 g/mol. The molecule has 6 nitrogen and oxygen atoms in total. The van der Waals surface area contributed by atoms with Gasteiger partial charge in [-0.25, -0.2) is 4.39 Å². The molecule has 1 heterocycles. The van der Waals surface area contributed by atoms with Crippen molar-refractivity contribution in [3.63, 3.8) is 0 Å². The van der Waals surface area contributed by atoms with Gasteiger partial charge >= 0.3 is 0 Å². The van der Waals surface area contributed by atoms with Crippen LogP contribution in [-0.4, -0.2) is 48.9 Å². The number of aromatic nitrogens is 1. The Morgan fingerprint density at radius 2 is 1.73 bits per heavy atom. The van der Waals surface area contributed by atoms with E-state index in [1.165, 1.54) is 24.5 Å². The number of benzene rings is 1. The number of carbonyl (C=O) groups excluding carboxylic acids is 2. The van der Waals surface area contributed by atoms with E-state index in [9.17, 15) is 14.0 Å². The lowest BCUT2D eigenvalue weighted by molar-refractivity contribution is 0.0950. The molecule has 0 saturated heterocycles. The van der Waals surface area contributed by atoms with Gasteiger partial charge in [0.1, 0.15) is 5.82 Å². The van der Waals surface area contributed by atoms with E-state index in [1.54, 1.807) is 18.2 Å². The summed E-state index contributed by atoms with van der Waals surface area (Å²) in [6.07, 6.45) is 3.61. The Balaban J connectivity index is 1.92. The highest BCUT2D eigenvalue weighted by atomic mass is 19.1. The van der Waals surface area contributed by atoms with Crippen LogP contribution in [0.25, 0.3) is 0 Å². The van der Waals surface area contributed by atoms with Crippen molar-refractivity contribution in [1.82, 2.24) is 20.5 Å². The lowest BCUT2D eigenvalue weighted by Gasteiger charge is -2.10. The predicted molar refractivity (Wildman–Crippen MR) is 97.3 cm³/mol. The third-order valence-corrected chi connectivity index (χ3v) is 3.73. The van der Waals surface area contributed by atoms with Crippen molar-refractivity contribution in [3.8, 4) is 0 Å². The van der Waals surface area contributed by atoms with Gasteiger partial charge in [-0.15, -0.1) is 0 Å². The van der Waals surface area contributed by atoms with Crippen molar-refractivity contribution in [2.75, 3.05) is 27.2 Å². The first kappa shape index (κ1) is 19.5. The van der Waals surface area contributed by atoms with Gasteiger partial charge in [0.05, 0.1) is 11.1 Å². The van der Waals surface area contributed by atoms with Crippen molar-refractivity contribution in [2.45, 2.75) is 13.0 Å². The summed E-state index contributed by atoms with van der Waals surface area (Å²) in [5.41, 5.74) is 0.958. The van der Waals surface area contributed by atoms with E-state index in [0.717, 1.165) is 13.0 Å². The number of hydrogen-bond acceptors (Lipinski definition) is 4. The maximum atomic E-state index is 13.6. The van der Waals surface area contributed by atoms with Gasteiger partial charge in [-0.3, -0.25) is 14.6 Å². The van der Waals surface area contributed by atoms with Crippen LogP contribution >= 0.6 is 0 Å². The average molecular weight is 358 g/mol. The molecule has 1 aromatic heterocycles. The normalized spacial score (nSPS) is 10.6. The van der Waals surface area contributed by atoms with Crippen LogP contribution in [0.3, 0.4) is 0 Å². The van der Waals surface area contributed by atoms with E-state index >= 15 is 0 Å². The van der Waals surface area contributed by atoms with E-state index in [2.05, 4.69) is 15.6 Å². The summed E-state index contributed by atoms with van der Waals surface area (Å²) in [5, 5.41) is 5.43. The second kappa shape index (κ2) is 9.62. The van der Waals surface area contributed by atoms with Gasteiger partial charge in [-0.2, -0.15) is 0 Å². The highest BCUT2D eigenvalue weighted by Crippen LogP contribution is 2.07. The lowest BCUT2D eigenvalue weighted by Crippen LogP contribution is -2.28. The van der Waals surface area contributed by atoms with Crippen LogP contribution in [0.4, 0.5) is 4.39 Å². The predicted octanol–water partition coefficient (Wildman–Crippen LogP) is 1.83.